The molecule has 1 aromatic carbocycles. The lowest BCUT2D eigenvalue weighted by atomic mass is 10.0. The molecule has 1 saturated carbocycles. The van der Waals surface area contributed by atoms with Gasteiger partial charge in [-0.1, -0.05) is 37.9 Å². The summed E-state index contributed by atoms with van der Waals surface area (Å²) in [4.78, 5) is 12.3. The molecular formula is C15H19BrN2OS. The van der Waals surface area contributed by atoms with Crippen molar-refractivity contribution in [1.29, 1.82) is 0 Å². The maximum atomic E-state index is 12.0. The number of amides is 1. The maximum absolute atomic E-state index is 12.0. The molecule has 108 valence electrons. The van der Waals surface area contributed by atoms with E-state index in [0.717, 1.165) is 28.1 Å². The Morgan fingerprint density at radius 2 is 2.10 bits per heavy atom. The van der Waals surface area contributed by atoms with E-state index in [-0.39, 0.29) is 5.91 Å². The van der Waals surface area contributed by atoms with Gasteiger partial charge in [-0.3, -0.25) is 4.79 Å². The number of hydrogen-bond donors (Lipinski definition) is 2. The molecule has 1 fully saturated rings. The minimum Gasteiger partial charge on any atom is -0.389 e. The molecule has 1 aromatic rings. The monoisotopic (exact) mass is 354 g/mol. The largest absolute Gasteiger partial charge is 0.389 e. The van der Waals surface area contributed by atoms with Gasteiger partial charge in [0.25, 0.3) is 0 Å². The van der Waals surface area contributed by atoms with Gasteiger partial charge < -0.3 is 11.1 Å². The highest BCUT2D eigenvalue weighted by Gasteiger charge is 2.16. The summed E-state index contributed by atoms with van der Waals surface area (Å²) >= 11 is 8.36. The zero-order chi connectivity index (χ0) is 14.5. The third kappa shape index (κ3) is 4.28. The van der Waals surface area contributed by atoms with Gasteiger partial charge in [-0.2, -0.15) is 0 Å². The number of rotatable bonds is 5. The summed E-state index contributed by atoms with van der Waals surface area (Å²) in [5.74, 6) is 0.807. The number of hydrogen-bond acceptors (Lipinski definition) is 2. The Bertz CT molecular complexity index is 513. The molecule has 2 rings (SSSR count). The first-order valence-corrected chi connectivity index (χ1v) is 8.15. The number of halogens is 1. The van der Waals surface area contributed by atoms with E-state index in [4.69, 9.17) is 18.0 Å². The van der Waals surface area contributed by atoms with Crippen molar-refractivity contribution in [2.75, 3.05) is 5.32 Å². The Kier molecular flexibility index (Phi) is 5.54. The van der Waals surface area contributed by atoms with Crippen LogP contribution in [0.4, 0.5) is 5.69 Å². The van der Waals surface area contributed by atoms with Gasteiger partial charge >= 0.3 is 0 Å². The Hall–Kier alpha value is -0.940. The number of anilines is 1. The van der Waals surface area contributed by atoms with Gasteiger partial charge in [0.2, 0.25) is 5.91 Å². The first-order valence-electron chi connectivity index (χ1n) is 6.95. The second-order valence-corrected chi connectivity index (χ2v) is 6.59. The zero-order valence-electron chi connectivity index (χ0n) is 11.3. The molecule has 0 heterocycles. The highest BCUT2D eigenvalue weighted by atomic mass is 79.9. The number of nitrogens with two attached hydrogens (primary N) is 1. The van der Waals surface area contributed by atoms with E-state index in [9.17, 15) is 4.79 Å². The fraction of sp³-hybridized carbons (Fsp3) is 0.467. The quantitative estimate of drug-likeness (QED) is 0.786. The van der Waals surface area contributed by atoms with Crippen LogP contribution in [0.1, 0.15) is 44.1 Å². The molecule has 0 saturated heterocycles. The van der Waals surface area contributed by atoms with Crippen LogP contribution in [0.3, 0.4) is 0 Å². The van der Waals surface area contributed by atoms with Gasteiger partial charge in [0.15, 0.2) is 0 Å². The van der Waals surface area contributed by atoms with Crippen molar-refractivity contribution in [2.24, 2.45) is 11.7 Å². The van der Waals surface area contributed by atoms with Crippen molar-refractivity contribution in [2.45, 2.75) is 38.5 Å². The molecule has 1 aliphatic carbocycles. The molecule has 0 aromatic heterocycles. The van der Waals surface area contributed by atoms with E-state index in [1.54, 1.807) is 0 Å². The van der Waals surface area contributed by atoms with E-state index < -0.39 is 0 Å². The maximum Gasteiger partial charge on any atom is 0.224 e. The standard InChI is InChI=1S/C15H19BrN2OS/c16-12-9-11(15(17)20)6-7-13(12)18-14(19)8-5-10-3-1-2-4-10/h6-7,9-10H,1-5,8H2,(H2,17,20)(H,18,19). The molecular weight excluding hydrogens is 336 g/mol. The molecule has 0 spiro atoms. The van der Waals surface area contributed by atoms with E-state index in [0.29, 0.717) is 11.4 Å². The number of thiocarbonyl (C=S) groups is 1. The SMILES string of the molecule is NC(=S)c1ccc(NC(=O)CCC2CCCC2)c(Br)c1. The predicted molar refractivity (Wildman–Crippen MR) is 89.9 cm³/mol. The summed E-state index contributed by atoms with van der Waals surface area (Å²) in [6, 6.07) is 5.47. The molecule has 3 N–H and O–H groups in total. The third-order valence-corrected chi connectivity index (χ3v) is 4.67. The normalized spacial score (nSPS) is 15.2. The highest BCUT2D eigenvalue weighted by molar-refractivity contribution is 9.10. The Morgan fingerprint density at radius 1 is 1.40 bits per heavy atom. The summed E-state index contributed by atoms with van der Waals surface area (Å²) in [5.41, 5.74) is 7.13. The first kappa shape index (κ1) is 15.4. The summed E-state index contributed by atoms with van der Waals surface area (Å²) in [7, 11) is 0. The van der Waals surface area contributed by atoms with Crippen LogP contribution in [-0.2, 0) is 4.79 Å². The summed E-state index contributed by atoms with van der Waals surface area (Å²) in [6.45, 7) is 0. The molecule has 0 atom stereocenters. The van der Waals surface area contributed by atoms with Crippen LogP contribution in [0.2, 0.25) is 0 Å². The van der Waals surface area contributed by atoms with Crippen LogP contribution in [0.25, 0.3) is 0 Å². The summed E-state index contributed by atoms with van der Waals surface area (Å²) in [5, 5.41) is 2.93. The zero-order valence-corrected chi connectivity index (χ0v) is 13.7. The van der Waals surface area contributed by atoms with Crippen LogP contribution in [-0.4, -0.2) is 10.9 Å². The van der Waals surface area contributed by atoms with E-state index in [1.165, 1.54) is 25.7 Å². The van der Waals surface area contributed by atoms with Gasteiger partial charge in [-0.25, -0.2) is 0 Å². The third-order valence-electron chi connectivity index (χ3n) is 3.78. The van der Waals surface area contributed by atoms with Crippen molar-refractivity contribution in [1.82, 2.24) is 0 Å². The van der Waals surface area contributed by atoms with E-state index in [1.807, 2.05) is 18.2 Å². The Labute approximate surface area is 133 Å². The van der Waals surface area contributed by atoms with Gasteiger partial charge in [-0.15, -0.1) is 0 Å². The second-order valence-electron chi connectivity index (χ2n) is 5.30. The number of carbonyl (C=O) groups excluding carboxylic acids is 1. The smallest absolute Gasteiger partial charge is 0.224 e. The number of benzene rings is 1. The van der Waals surface area contributed by atoms with Crippen molar-refractivity contribution in [3.05, 3.63) is 28.2 Å². The Balaban J connectivity index is 1.88. The minimum atomic E-state index is 0.0701. The molecule has 0 radical (unpaired) electrons. The lowest BCUT2D eigenvalue weighted by molar-refractivity contribution is -0.116. The fourth-order valence-electron chi connectivity index (χ4n) is 2.62. The van der Waals surface area contributed by atoms with Crippen LogP contribution in [0.15, 0.2) is 22.7 Å². The van der Waals surface area contributed by atoms with Crippen molar-refractivity contribution < 1.29 is 4.79 Å². The van der Waals surface area contributed by atoms with Crippen LogP contribution in [0.5, 0.6) is 0 Å². The molecule has 0 aliphatic heterocycles. The molecule has 0 bridgehead atoms. The molecule has 1 amide bonds. The lowest BCUT2D eigenvalue weighted by Crippen LogP contribution is -2.14. The average molecular weight is 355 g/mol. The van der Waals surface area contributed by atoms with Gasteiger partial charge in [0.05, 0.1) is 5.69 Å². The highest BCUT2D eigenvalue weighted by Crippen LogP contribution is 2.29. The van der Waals surface area contributed by atoms with Gasteiger partial charge in [0.1, 0.15) is 4.99 Å². The Morgan fingerprint density at radius 3 is 2.70 bits per heavy atom. The summed E-state index contributed by atoms with van der Waals surface area (Å²) < 4.78 is 0.803. The fourth-order valence-corrected chi connectivity index (χ4v) is 3.22. The van der Waals surface area contributed by atoms with E-state index in [2.05, 4.69) is 21.2 Å². The predicted octanol–water partition coefficient (Wildman–Crippen LogP) is 3.99. The van der Waals surface area contributed by atoms with Crippen molar-refractivity contribution in [3.8, 4) is 0 Å². The number of carbonyl (C=O) groups is 1. The molecule has 1 aliphatic rings. The minimum absolute atomic E-state index is 0.0701. The topological polar surface area (TPSA) is 55.1 Å². The molecule has 20 heavy (non-hydrogen) atoms. The second kappa shape index (κ2) is 7.18. The van der Waals surface area contributed by atoms with Gasteiger partial charge in [0, 0.05) is 16.5 Å². The van der Waals surface area contributed by atoms with Crippen molar-refractivity contribution in [3.63, 3.8) is 0 Å². The van der Waals surface area contributed by atoms with Crippen LogP contribution < -0.4 is 11.1 Å². The van der Waals surface area contributed by atoms with Gasteiger partial charge in [-0.05, 0) is 46.5 Å². The van der Waals surface area contributed by atoms with E-state index >= 15 is 0 Å². The van der Waals surface area contributed by atoms with Crippen LogP contribution >= 0.6 is 28.1 Å². The lowest BCUT2D eigenvalue weighted by Gasteiger charge is -2.11. The molecule has 3 nitrogen and oxygen atoms in total. The molecule has 0 unspecified atom stereocenters. The summed E-state index contributed by atoms with van der Waals surface area (Å²) in [6.07, 6.45) is 6.78. The van der Waals surface area contributed by atoms with Crippen molar-refractivity contribution >= 4 is 44.7 Å². The number of nitrogens with one attached hydrogen (secondary N) is 1. The average Bonchev–Trinajstić information content (AvgIpc) is 2.91. The van der Waals surface area contributed by atoms with Crippen LogP contribution in [0, 0.1) is 5.92 Å². The molecule has 5 heteroatoms. The first-order chi connectivity index (χ1) is 9.56.